The Morgan fingerprint density at radius 1 is 1.29 bits per heavy atom. The van der Waals surface area contributed by atoms with Crippen molar-refractivity contribution in [3.63, 3.8) is 0 Å². The van der Waals surface area contributed by atoms with Crippen LogP contribution in [0.4, 0.5) is 8.78 Å². The molecule has 0 saturated carbocycles. The molecular weight excluding hydrogens is 198 g/mol. The number of aromatic nitrogens is 2. The summed E-state index contributed by atoms with van der Waals surface area (Å²) in [5.41, 5.74) is -2.37. The number of H-pyrrole nitrogens is 2. The second-order valence-electron chi connectivity index (χ2n) is 2.73. The standard InChI is InChI=1S/C7H8F2N2O3/c1-2-3(4(12)5(8)9)6(13)11-7(14)10-2/h4-5,12H,1H3,(H2,10,11,13,14). The molecule has 1 heterocycles. The van der Waals surface area contributed by atoms with Crippen LogP contribution in [0.15, 0.2) is 9.59 Å². The van der Waals surface area contributed by atoms with Crippen LogP contribution in [0.3, 0.4) is 0 Å². The summed E-state index contributed by atoms with van der Waals surface area (Å²) in [6, 6.07) is 0. The minimum Gasteiger partial charge on any atom is -0.382 e. The first kappa shape index (κ1) is 10.6. The Bertz CT molecular complexity index is 437. The van der Waals surface area contributed by atoms with E-state index >= 15 is 0 Å². The fourth-order valence-corrected chi connectivity index (χ4v) is 1.09. The molecule has 7 heteroatoms. The van der Waals surface area contributed by atoms with Crippen LogP contribution in [0.2, 0.25) is 0 Å². The van der Waals surface area contributed by atoms with Gasteiger partial charge >= 0.3 is 5.69 Å². The normalized spacial score (nSPS) is 13.2. The molecule has 1 rings (SSSR count). The molecule has 0 aliphatic heterocycles. The lowest BCUT2D eigenvalue weighted by atomic mass is 10.1. The van der Waals surface area contributed by atoms with Gasteiger partial charge in [-0.25, -0.2) is 13.6 Å². The van der Waals surface area contributed by atoms with Gasteiger partial charge in [0.05, 0.1) is 5.56 Å². The highest BCUT2D eigenvalue weighted by molar-refractivity contribution is 5.17. The van der Waals surface area contributed by atoms with E-state index in [1.807, 2.05) is 0 Å². The summed E-state index contributed by atoms with van der Waals surface area (Å²) < 4.78 is 24.2. The lowest BCUT2D eigenvalue weighted by Gasteiger charge is -2.10. The Hall–Kier alpha value is -1.50. The summed E-state index contributed by atoms with van der Waals surface area (Å²) in [4.78, 5) is 25.6. The molecule has 1 unspecified atom stereocenters. The lowest BCUT2D eigenvalue weighted by molar-refractivity contribution is -0.00722. The Labute approximate surface area is 76.4 Å². The zero-order valence-corrected chi connectivity index (χ0v) is 7.17. The summed E-state index contributed by atoms with van der Waals surface area (Å²) in [6.45, 7) is 1.26. The van der Waals surface area contributed by atoms with Gasteiger partial charge in [0.2, 0.25) is 0 Å². The number of hydrogen-bond donors (Lipinski definition) is 3. The van der Waals surface area contributed by atoms with Crippen LogP contribution in [-0.2, 0) is 0 Å². The maximum absolute atomic E-state index is 12.1. The summed E-state index contributed by atoms with van der Waals surface area (Å²) in [5.74, 6) is 0. The molecule has 1 atom stereocenters. The summed E-state index contributed by atoms with van der Waals surface area (Å²) >= 11 is 0. The molecule has 1 aromatic rings. The average molecular weight is 206 g/mol. The summed E-state index contributed by atoms with van der Waals surface area (Å²) in [6.07, 6.45) is -5.25. The highest BCUT2D eigenvalue weighted by Crippen LogP contribution is 2.17. The molecule has 0 bridgehead atoms. The Balaban J connectivity index is 3.35. The fourth-order valence-electron chi connectivity index (χ4n) is 1.09. The molecule has 0 spiro atoms. The number of aliphatic hydroxyl groups is 1. The first-order valence-corrected chi connectivity index (χ1v) is 3.72. The quantitative estimate of drug-likeness (QED) is 0.619. The molecule has 14 heavy (non-hydrogen) atoms. The minimum atomic E-state index is -3.07. The fraction of sp³-hybridized carbons (Fsp3) is 0.429. The van der Waals surface area contributed by atoms with E-state index in [0.717, 1.165) is 0 Å². The number of alkyl halides is 2. The highest BCUT2D eigenvalue weighted by Gasteiger charge is 2.24. The van der Waals surface area contributed by atoms with E-state index in [1.165, 1.54) is 6.92 Å². The summed E-state index contributed by atoms with van der Waals surface area (Å²) in [7, 11) is 0. The van der Waals surface area contributed by atoms with Crippen molar-refractivity contribution in [2.45, 2.75) is 19.5 Å². The number of nitrogens with one attached hydrogen (secondary N) is 2. The van der Waals surface area contributed by atoms with Gasteiger partial charge in [-0.3, -0.25) is 9.78 Å². The Kier molecular flexibility index (Phi) is 2.80. The third-order valence-corrected chi connectivity index (χ3v) is 1.71. The zero-order valence-electron chi connectivity index (χ0n) is 7.17. The van der Waals surface area contributed by atoms with Gasteiger partial charge in [-0.05, 0) is 6.92 Å². The van der Waals surface area contributed by atoms with Gasteiger partial charge in [0, 0.05) is 5.69 Å². The van der Waals surface area contributed by atoms with Crippen molar-refractivity contribution >= 4 is 0 Å². The van der Waals surface area contributed by atoms with Crippen LogP contribution in [0.25, 0.3) is 0 Å². The number of aliphatic hydroxyl groups excluding tert-OH is 1. The van der Waals surface area contributed by atoms with Crippen molar-refractivity contribution in [1.29, 1.82) is 0 Å². The van der Waals surface area contributed by atoms with Gasteiger partial charge in [-0.2, -0.15) is 0 Å². The van der Waals surface area contributed by atoms with Crippen molar-refractivity contribution in [3.8, 4) is 0 Å². The third kappa shape index (κ3) is 1.87. The highest BCUT2D eigenvalue weighted by atomic mass is 19.3. The molecule has 1 aromatic heterocycles. The Morgan fingerprint density at radius 3 is 2.29 bits per heavy atom. The third-order valence-electron chi connectivity index (χ3n) is 1.71. The zero-order chi connectivity index (χ0) is 10.9. The van der Waals surface area contributed by atoms with E-state index in [-0.39, 0.29) is 5.69 Å². The SMILES string of the molecule is Cc1[nH]c(=O)[nH]c(=O)c1C(O)C(F)F. The number of hydrogen-bond acceptors (Lipinski definition) is 3. The van der Waals surface area contributed by atoms with Gasteiger partial charge in [0.15, 0.2) is 0 Å². The largest absolute Gasteiger partial charge is 0.382 e. The number of aromatic amines is 2. The van der Waals surface area contributed by atoms with Crippen molar-refractivity contribution in [2.75, 3.05) is 0 Å². The van der Waals surface area contributed by atoms with Crippen molar-refractivity contribution < 1.29 is 13.9 Å². The first-order chi connectivity index (χ1) is 6.43. The van der Waals surface area contributed by atoms with Crippen LogP contribution in [0.5, 0.6) is 0 Å². The van der Waals surface area contributed by atoms with Gasteiger partial charge in [-0.15, -0.1) is 0 Å². The van der Waals surface area contributed by atoms with Crippen molar-refractivity contribution in [2.24, 2.45) is 0 Å². The van der Waals surface area contributed by atoms with E-state index in [9.17, 15) is 18.4 Å². The molecule has 0 radical (unpaired) electrons. The predicted octanol–water partition coefficient (Wildman–Crippen LogP) is -0.330. The van der Waals surface area contributed by atoms with Crippen LogP contribution < -0.4 is 11.2 Å². The predicted molar refractivity (Wildman–Crippen MR) is 43.4 cm³/mol. The van der Waals surface area contributed by atoms with E-state index in [1.54, 1.807) is 4.98 Å². The first-order valence-electron chi connectivity index (χ1n) is 3.72. The van der Waals surface area contributed by atoms with Gasteiger partial charge in [-0.1, -0.05) is 0 Å². The molecule has 0 saturated heterocycles. The number of rotatable bonds is 2. The van der Waals surface area contributed by atoms with Crippen LogP contribution in [0.1, 0.15) is 17.4 Å². The molecule has 78 valence electrons. The smallest absolute Gasteiger partial charge is 0.325 e. The van der Waals surface area contributed by atoms with Crippen molar-refractivity contribution in [3.05, 3.63) is 32.1 Å². The van der Waals surface area contributed by atoms with Crippen molar-refractivity contribution in [1.82, 2.24) is 9.97 Å². The van der Waals surface area contributed by atoms with Crippen LogP contribution >= 0.6 is 0 Å². The topological polar surface area (TPSA) is 86.0 Å². The van der Waals surface area contributed by atoms with E-state index in [4.69, 9.17) is 5.11 Å². The summed E-state index contributed by atoms with van der Waals surface area (Å²) in [5, 5.41) is 8.96. The van der Waals surface area contributed by atoms with E-state index in [2.05, 4.69) is 4.98 Å². The number of halogens is 2. The van der Waals surface area contributed by atoms with Gasteiger partial charge < -0.3 is 10.1 Å². The molecule has 0 aliphatic carbocycles. The monoisotopic (exact) mass is 206 g/mol. The second-order valence-corrected chi connectivity index (χ2v) is 2.73. The molecule has 0 amide bonds. The average Bonchev–Trinajstić information content (AvgIpc) is 2.01. The molecule has 0 aromatic carbocycles. The van der Waals surface area contributed by atoms with Gasteiger partial charge in [0.1, 0.15) is 6.10 Å². The van der Waals surface area contributed by atoms with E-state index in [0.29, 0.717) is 0 Å². The molecule has 5 nitrogen and oxygen atoms in total. The maximum Gasteiger partial charge on any atom is 0.325 e. The Morgan fingerprint density at radius 2 is 1.86 bits per heavy atom. The van der Waals surface area contributed by atoms with Gasteiger partial charge in [0.25, 0.3) is 12.0 Å². The lowest BCUT2D eigenvalue weighted by Crippen LogP contribution is -2.30. The van der Waals surface area contributed by atoms with E-state index < -0.39 is 29.3 Å². The minimum absolute atomic E-state index is 0.0634. The van der Waals surface area contributed by atoms with Crippen LogP contribution in [-0.4, -0.2) is 21.5 Å². The second kappa shape index (κ2) is 3.70. The number of aryl methyl sites for hydroxylation is 1. The maximum atomic E-state index is 12.1. The molecule has 0 aliphatic rings. The van der Waals surface area contributed by atoms with Crippen LogP contribution in [0, 0.1) is 6.92 Å². The molecule has 0 fully saturated rings. The molecule has 3 N–H and O–H groups in total. The molecular formula is C7H8F2N2O3.